The molecule has 2 aromatic rings. The van der Waals surface area contributed by atoms with Crippen LogP contribution in [-0.4, -0.2) is 43.6 Å². The number of hydrogen-bond acceptors (Lipinski definition) is 4. The van der Waals surface area contributed by atoms with Gasteiger partial charge in [-0.15, -0.1) is 0 Å². The summed E-state index contributed by atoms with van der Waals surface area (Å²) in [5.41, 5.74) is 2.87. The normalized spacial score (nSPS) is 11.1. The monoisotopic (exact) mass is 473 g/mol. The molecule has 2 aromatic carbocycles. The zero-order valence-electron chi connectivity index (χ0n) is 20.5. The highest BCUT2D eigenvalue weighted by Crippen LogP contribution is 2.23. The Morgan fingerprint density at radius 3 is 2.30 bits per heavy atom. The average molecular weight is 474 g/mol. The fraction of sp³-hybridized carbons (Fsp3) is 0.519. The van der Waals surface area contributed by atoms with Gasteiger partial charge >= 0.3 is 0 Å². The Morgan fingerprint density at radius 1 is 0.970 bits per heavy atom. The minimum atomic E-state index is -0.188. The van der Waals surface area contributed by atoms with Crippen molar-refractivity contribution in [1.29, 1.82) is 0 Å². The van der Waals surface area contributed by atoms with E-state index in [1.165, 1.54) is 38.8 Å². The molecule has 0 aliphatic carbocycles. The molecule has 0 fully saturated rings. The summed E-state index contributed by atoms with van der Waals surface area (Å²) in [7, 11) is 0. The van der Waals surface area contributed by atoms with E-state index in [0.717, 1.165) is 36.3 Å². The van der Waals surface area contributed by atoms with E-state index in [4.69, 9.17) is 16.3 Å². The maximum absolute atomic E-state index is 12.3. The van der Waals surface area contributed by atoms with Crippen molar-refractivity contribution in [2.24, 2.45) is 0 Å². The standard InChI is InChI=1S/C27H40ClN3O2/c1-4-6-16-31(17-7-5-2)18-8-15-29-20-23-19-24(28)11-14-26(23)33-21-27(32)30-25-12-9-22(3)10-13-25/h9-14,19,29H,4-8,15-18,20-21H2,1-3H3,(H,30,32). The van der Waals surface area contributed by atoms with Gasteiger partial charge in [-0.05, 0) is 82.7 Å². The maximum atomic E-state index is 12.3. The van der Waals surface area contributed by atoms with Crippen LogP contribution in [0.2, 0.25) is 5.02 Å². The predicted molar refractivity (Wildman–Crippen MR) is 139 cm³/mol. The molecule has 0 bridgehead atoms. The third kappa shape index (κ3) is 11.1. The number of rotatable bonds is 16. The molecule has 1 amide bonds. The molecule has 0 spiro atoms. The van der Waals surface area contributed by atoms with Crippen LogP contribution in [0.5, 0.6) is 5.75 Å². The van der Waals surface area contributed by atoms with E-state index in [0.29, 0.717) is 17.3 Å². The molecular weight excluding hydrogens is 434 g/mol. The minimum Gasteiger partial charge on any atom is -0.483 e. The van der Waals surface area contributed by atoms with E-state index in [1.807, 2.05) is 43.3 Å². The lowest BCUT2D eigenvalue weighted by atomic mass is 10.2. The molecule has 2 N–H and O–H groups in total. The number of amides is 1. The van der Waals surface area contributed by atoms with Crippen molar-refractivity contribution >= 4 is 23.2 Å². The first kappa shape index (κ1) is 27.2. The van der Waals surface area contributed by atoms with Gasteiger partial charge in [0.05, 0.1) is 0 Å². The molecule has 0 radical (unpaired) electrons. The van der Waals surface area contributed by atoms with E-state index in [9.17, 15) is 4.79 Å². The van der Waals surface area contributed by atoms with Crippen LogP contribution < -0.4 is 15.4 Å². The summed E-state index contributed by atoms with van der Waals surface area (Å²) < 4.78 is 5.81. The molecule has 0 aromatic heterocycles. The number of benzene rings is 2. The molecule has 0 unspecified atom stereocenters. The van der Waals surface area contributed by atoms with Crippen molar-refractivity contribution < 1.29 is 9.53 Å². The van der Waals surface area contributed by atoms with Crippen LogP contribution in [0, 0.1) is 6.92 Å². The quantitative estimate of drug-likeness (QED) is 0.291. The van der Waals surface area contributed by atoms with Gasteiger partial charge < -0.3 is 20.3 Å². The first-order valence-corrected chi connectivity index (χ1v) is 12.6. The largest absolute Gasteiger partial charge is 0.483 e. The summed E-state index contributed by atoms with van der Waals surface area (Å²) in [5.74, 6) is 0.491. The smallest absolute Gasteiger partial charge is 0.262 e. The van der Waals surface area contributed by atoms with Gasteiger partial charge in [0.25, 0.3) is 5.91 Å². The lowest BCUT2D eigenvalue weighted by Crippen LogP contribution is -2.29. The predicted octanol–water partition coefficient (Wildman–Crippen LogP) is 6.05. The second-order valence-corrected chi connectivity index (χ2v) is 8.97. The van der Waals surface area contributed by atoms with Crippen molar-refractivity contribution in [2.75, 3.05) is 38.1 Å². The van der Waals surface area contributed by atoms with E-state index >= 15 is 0 Å². The molecule has 0 saturated heterocycles. The molecule has 0 heterocycles. The first-order valence-electron chi connectivity index (χ1n) is 12.2. The number of ether oxygens (including phenoxy) is 1. The van der Waals surface area contributed by atoms with Gasteiger partial charge in [-0.25, -0.2) is 0 Å². The van der Waals surface area contributed by atoms with Gasteiger partial charge in [0.1, 0.15) is 5.75 Å². The Labute approximate surface area is 204 Å². The van der Waals surface area contributed by atoms with E-state index in [-0.39, 0.29) is 12.5 Å². The summed E-state index contributed by atoms with van der Waals surface area (Å²) in [6, 6.07) is 13.2. The fourth-order valence-electron chi connectivity index (χ4n) is 3.55. The van der Waals surface area contributed by atoms with Crippen LogP contribution >= 0.6 is 11.6 Å². The molecule has 2 rings (SSSR count). The Hall–Kier alpha value is -2.08. The topological polar surface area (TPSA) is 53.6 Å². The van der Waals surface area contributed by atoms with Crippen LogP contribution in [0.25, 0.3) is 0 Å². The number of aryl methyl sites for hydroxylation is 1. The van der Waals surface area contributed by atoms with Gasteiger partial charge in [-0.3, -0.25) is 4.79 Å². The van der Waals surface area contributed by atoms with Crippen LogP contribution in [0.4, 0.5) is 5.69 Å². The number of anilines is 1. The SMILES string of the molecule is CCCCN(CCCC)CCCNCc1cc(Cl)ccc1OCC(=O)Nc1ccc(C)cc1. The van der Waals surface area contributed by atoms with Crippen molar-refractivity contribution in [2.45, 2.75) is 59.4 Å². The lowest BCUT2D eigenvalue weighted by molar-refractivity contribution is -0.118. The molecule has 0 aliphatic heterocycles. The summed E-state index contributed by atoms with van der Waals surface area (Å²) in [5, 5.41) is 7.02. The fourth-order valence-corrected chi connectivity index (χ4v) is 3.75. The number of nitrogens with zero attached hydrogens (tertiary/aromatic N) is 1. The first-order chi connectivity index (χ1) is 16.0. The maximum Gasteiger partial charge on any atom is 0.262 e. The van der Waals surface area contributed by atoms with Crippen LogP contribution in [0.1, 0.15) is 57.1 Å². The number of carbonyl (C=O) groups excluding carboxylic acids is 1. The molecule has 0 aliphatic rings. The Bertz CT molecular complexity index is 819. The average Bonchev–Trinajstić information content (AvgIpc) is 2.81. The molecule has 182 valence electrons. The van der Waals surface area contributed by atoms with Crippen molar-refractivity contribution in [1.82, 2.24) is 10.2 Å². The van der Waals surface area contributed by atoms with Crippen molar-refractivity contribution in [3.63, 3.8) is 0 Å². The second-order valence-electron chi connectivity index (χ2n) is 8.53. The number of unbranched alkanes of at least 4 members (excludes halogenated alkanes) is 2. The molecule has 0 atom stereocenters. The number of halogens is 1. The van der Waals surface area contributed by atoms with Crippen molar-refractivity contribution in [3.8, 4) is 5.75 Å². The Morgan fingerprint density at radius 2 is 1.64 bits per heavy atom. The van der Waals surface area contributed by atoms with Gasteiger partial charge in [0, 0.05) is 22.8 Å². The van der Waals surface area contributed by atoms with Crippen LogP contribution in [-0.2, 0) is 11.3 Å². The molecule has 33 heavy (non-hydrogen) atoms. The molecule has 6 heteroatoms. The van der Waals surface area contributed by atoms with Gasteiger partial charge in [-0.1, -0.05) is 56.0 Å². The van der Waals surface area contributed by atoms with Crippen molar-refractivity contribution in [3.05, 3.63) is 58.6 Å². The second kappa shape index (κ2) is 15.7. The van der Waals surface area contributed by atoms with Gasteiger partial charge in [0.15, 0.2) is 6.61 Å². The van der Waals surface area contributed by atoms with E-state index < -0.39 is 0 Å². The lowest BCUT2D eigenvalue weighted by Gasteiger charge is -2.22. The highest BCUT2D eigenvalue weighted by molar-refractivity contribution is 6.30. The van der Waals surface area contributed by atoms with Gasteiger partial charge in [0.2, 0.25) is 0 Å². The molecule has 5 nitrogen and oxygen atoms in total. The van der Waals surface area contributed by atoms with Crippen LogP contribution in [0.3, 0.4) is 0 Å². The zero-order chi connectivity index (χ0) is 23.9. The number of nitrogens with one attached hydrogen (secondary N) is 2. The number of hydrogen-bond donors (Lipinski definition) is 2. The summed E-state index contributed by atoms with van der Waals surface area (Å²) in [6.07, 6.45) is 6.10. The third-order valence-corrected chi connectivity index (χ3v) is 5.75. The number of carbonyl (C=O) groups is 1. The summed E-state index contributed by atoms with van der Waals surface area (Å²) >= 11 is 6.21. The summed E-state index contributed by atoms with van der Waals surface area (Å²) in [4.78, 5) is 14.9. The van der Waals surface area contributed by atoms with E-state index in [1.54, 1.807) is 6.07 Å². The van der Waals surface area contributed by atoms with E-state index in [2.05, 4.69) is 29.4 Å². The minimum absolute atomic E-state index is 0.0493. The van der Waals surface area contributed by atoms with Crippen LogP contribution in [0.15, 0.2) is 42.5 Å². The Balaban J connectivity index is 1.78. The highest BCUT2D eigenvalue weighted by Gasteiger charge is 2.09. The summed E-state index contributed by atoms with van der Waals surface area (Å²) in [6.45, 7) is 11.5. The highest BCUT2D eigenvalue weighted by atomic mass is 35.5. The molecule has 0 saturated carbocycles. The van der Waals surface area contributed by atoms with Gasteiger partial charge in [-0.2, -0.15) is 0 Å². The third-order valence-electron chi connectivity index (χ3n) is 5.52. The molecular formula is C27H40ClN3O2. The zero-order valence-corrected chi connectivity index (χ0v) is 21.2. The Kier molecular flexibility index (Phi) is 12.9.